The SMILES string of the molecule is c1cnc2c(c1)CCC2C1CCCNCC1. The maximum atomic E-state index is 4.63. The molecule has 3 rings (SSSR count). The molecule has 1 aliphatic carbocycles. The normalized spacial score (nSPS) is 29.8. The van der Waals surface area contributed by atoms with E-state index < -0.39 is 0 Å². The summed E-state index contributed by atoms with van der Waals surface area (Å²) < 4.78 is 0. The quantitative estimate of drug-likeness (QED) is 0.780. The van der Waals surface area contributed by atoms with E-state index in [2.05, 4.69) is 22.4 Å². The van der Waals surface area contributed by atoms with Gasteiger partial charge in [-0.3, -0.25) is 4.98 Å². The predicted molar refractivity (Wildman–Crippen MR) is 65.5 cm³/mol. The molecule has 2 heteroatoms. The van der Waals surface area contributed by atoms with Gasteiger partial charge in [0.25, 0.3) is 0 Å². The van der Waals surface area contributed by atoms with E-state index in [-0.39, 0.29) is 0 Å². The molecule has 0 radical (unpaired) electrons. The van der Waals surface area contributed by atoms with Crippen LogP contribution in [-0.4, -0.2) is 18.1 Å². The highest BCUT2D eigenvalue weighted by Crippen LogP contribution is 2.40. The minimum Gasteiger partial charge on any atom is -0.317 e. The van der Waals surface area contributed by atoms with E-state index in [1.165, 1.54) is 56.5 Å². The molecule has 1 N–H and O–H groups in total. The molecule has 1 aliphatic heterocycles. The first-order valence-corrected chi connectivity index (χ1v) is 6.59. The monoisotopic (exact) mass is 216 g/mol. The van der Waals surface area contributed by atoms with Gasteiger partial charge in [-0.15, -0.1) is 0 Å². The fourth-order valence-corrected chi connectivity index (χ4v) is 3.35. The Hall–Kier alpha value is -0.890. The van der Waals surface area contributed by atoms with Gasteiger partial charge in [0, 0.05) is 17.8 Å². The first-order valence-electron chi connectivity index (χ1n) is 6.59. The second kappa shape index (κ2) is 4.54. The molecule has 2 aliphatic rings. The molecule has 1 saturated heterocycles. The molecule has 16 heavy (non-hydrogen) atoms. The summed E-state index contributed by atoms with van der Waals surface area (Å²) in [6.45, 7) is 2.40. The number of nitrogens with zero attached hydrogens (tertiary/aromatic N) is 1. The second-order valence-corrected chi connectivity index (χ2v) is 5.13. The third-order valence-electron chi connectivity index (χ3n) is 4.19. The Morgan fingerprint density at radius 2 is 2.19 bits per heavy atom. The minimum absolute atomic E-state index is 0.746. The van der Waals surface area contributed by atoms with Gasteiger partial charge < -0.3 is 5.32 Å². The number of aromatic nitrogens is 1. The van der Waals surface area contributed by atoms with Gasteiger partial charge in [-0.1, -0.05) is 6.07 Å². The lowest BCUT2D eigenvalue weighted by molar-refractivity contribution is 0.377. The molecule has 0 amide bonds. The summed E-state index contributed by atoms with van der Waals surface area (Å²) in [5.41, 5.74) is 2.92. The number of aryl methyl sites for hydroxylation is 1. The number of hydrogen-bond donors (Lipinski definition) is 1. The molecule has 0 aromatic carbocycles. The molecule has 0 spiro atoms. The van der Waals surface area contributed by atoms with Crippen LogP contribution in [0, 0.1) is 5.92 Å². The van der Waals surface area contributed by atoms with Gasteiger partial charge >= 0.3 is 0 Å². The lowest BCUT2D eigenvalue weighted by atomic mass is 9.84. The molecule has 1 fully saturated rings. The summed E-state index contributed by atoms with van der Waals surface area (Å²) in [5, 5.41) is 3.50. The smallest absolute Gasteiger partial charge is 0.0469 e. The number of hydrogen-bond acceptors (Lipinski definition) is 2. The van der Waals surface area contributed by atoms with E-state index in [0.717, 1.165) is 11.8 Å². The molecular formula is C14H20N2. The van der Waals surface area contributed by atoms with Crippen LogP contribution in [0.5, 0.6) is 0 Å². The molecular weight excluding hydrogens is 196 g/mol. The van der Waals surface area contributed by atoms with Crippen LogP contribution in [0.3, 0.4) is 0 Å². The fourth-order valence-electron chi connectivity index (χ4n) is 3.35. The van der Waals surface area contributed by atoms with Crippen LogP contribution >= 0.6 is 0 Å². The fraction of sp³-hybridized carbons (Fsp3) is 0.643. The summed E-state index contributed by atoms with van der Waals surface area (Å²) in [6.07, 6.45) is 8.60. The van der Waals surface area contributed by atoms with Crippen LogP contribution in [0.25, 0.3) is 0 Å². The zero-order valence-electron chi connectivity index (χ0n) is 9.78. The zero-order valence-corrected chi connectivity index (χ0v) is 9.78. The van der Waals surface area contributed by atoms with Gasteiger partial charge in [0.1, 0.15) is 0 Å². The highest BCUT2D eigenvalue weighted by molar-refractivity contribution is 5.29. The van der Waals surface area contributed by atoms with E-state index >= 15 is 0 Å². The maximum Gasteiger partial charge on any atom is 0.0469 e. The van der Waals surface area contributed by atoms with Crippen molar-refractivity contribution >= 4 is 0 Å². The van der Waals surface area contributed by atoms with Crippen molar-refractivity contribution in [3.8, 4) is 0 Å². The van der Waals surface area contributed by atoms with Crippen LogP contribution in [0.2, 0.25) is 0 Å². The van der Waals surface area contributed by atoms with Crippen molar-refractivity contribution < 1.29 is 0 Å². The summed E-state index contributed by atoms with van der Waals surface area (Å²) >= 11 is 0. The maximum absolute atomic E-state index is 4.63. The van der Waals surface area contributed by atoms with E-state index in [1.54, 1.807) is 0 Å². The number of nitrogens with one attached hydrogen (secondary N) is 1. The largest absolute Gasteiger partial charge is 0.317 e. The van der Waals surface area contributed by atoms with Crippen molar-refractivity contribution in [1.82, 2.24) is 10.3 Å². The lowest BCUT2D eigenvalue weighted by Crippen LogP contribution is -2.16. The van der Waals surface area contributed by atoms with Gasteiger partial charge in [-0.05, 0) is 62.7 Å². The van der Waals surface area contributed by atoms with Crippen LogP contribution < -0.4 is 5.32 Å². The Morgan fingerprint density at radius 3 is 3.19 bits per heavy atom. The van der Waals surface area contributed by atoms with Crippen LogP contribution in [-0.2, 0) is 6.42 Å². The first-order chi connectivity index (χ1) is 7.95. The molecule has 1 aromatic rings. The summed E-state index contributed by atoms with van der Waals surface area (Å²) in [5.74, 6) is 1.61. The highest BCUT2D eigenvalue weighted by atomic mass is 14.9. The van der Waals surface area contributed by atoms with Gasteiger partial charge in [0.15, 0.2) is 0 Å². The van der Waals surface area contributed by atoms with E-state index in [4.69, 9.17) is 0 Å². The van der Waals surface area contributed by atoms with E-state index in [9.17, 15) is 0 Å². The van der Waals surface area contributed by atoms with Gasteiger partial charge in [0.2, 0.25) is 0 Å². The topological polar surface area (TPSA) is 24.9 Å². The molecule has 2 atom stereocenters. The Morgan fingerprint density at radius 1 is 1.19 bits per heavy atom. The molecule has 2 heterocycles. The number of fused-ring (bicyclic) bond motifs is 1. The third-order valence-corrected chi connectivity index (χ3v) is 4.19. The zero-order chi connectivity index (χ0) is 10.8. The predicted octanol–water partition coefficient (Wildman–Crippen LogP) is 2.50. The van der Waals surface area contributed by atoms with Gasteiger partial charge in [-0.25, -0.2) is 0 Å². The first kappa shape index (κ1) is 10.3. The Bertz CT molecular complexity index is 354. The average molecular weight is 216 g/mol. The van der Waals surface area contributed by atoms with E-state index in [1.807, 2.05) is 6.20 Å². The molecule has 86 valence electrons. The summed E-state index contributed by atoms with van der Waals surface area (Å²) in [4.78, 5) is 4.63. The van der Waals surface area contributed by atoms with Crippen molar-refractivity contribution in [2.75, 3.05) is 13.1 Å². The molecule has 2 unspecified atom stereocenters. The molecule has 1 aromatic heterocycles. The summed E-state index contributed by atoms with van der Waals surface area (Å²) in [6, 6.07) is 4.34. The van der Waals surface area contributed by atoms with Gasteiger partial charge in [0.05, 0.1) is 0 Å². The Balaban J connectivity index is 1.80. The average Bonchev–Trinajstić information content (AvgIpc) is 2.57. The summed E-state index contributed by atoms with van der Waals surface area (Å²) in [7, 11) is 0. The molecule has 2 nitrogen and oxygen atoms in total. The van der Waals surface area contributed by atoms with E-state index in [0.29, 0.717) is 0 Å². The van der Waals surface area contributed by atoms with Crippen molar-refractivity contribution in [3.63, 3.8) is 0 Å². The van der Waals surface area contributed by atoms with Crippen LogP contribution in [0.4, 0.5) is 0 Å². The van der Waals surface area contributed by atoms with Gasteiger partial charge in [-0.2, -0.15) is 0 Å². The van der Waals surface area contributed by atoms with Crippen molar-refractivity contribution in [3.05, 3.63) is 29.6 Å². The minimum atomic E-state index is 0.746. The van der Waals surface area contributed by atoms with Crippen LogP contribution in [0.1, 0.15) is 42.9 Å². The lowest BCUT2D eigenvalue weighted by Gasteiger charge is -2.21. The third kappa shape index (κ3) is 1.86. The molecule has 0 bridgehead atoms. The number of pyridine rings is 1. The van der Waals surface area contributed by atoms with Crippen molar-refractivity contribution in [2.45, 2.75) is 38.0 Å². The Kier molecular flexibility index (Phi) is 2.92. The Labute approximate surface area is 97.5 Å². The van der Waals surface area contributed by atoms with Crippen LogP contribution in [0.15, 0.2) is 18.3 Å². The standard InChI is InChI=1S/C14H20N2/c1-3-11(7-10-15-8-1)13-6-5-12-4-2-9-16-14(12)13/h2,4,9,11,13,15H,1,3,5-8,10H2. The highest BCUT2D eigenvalue weighted by Gasteiger charge is 2.30. The second-order valence-electron chi connectivity index (χ2n) is 5.13. The molecule has 0 saturated carbocycles. The van der Waals surface area contributed by atoms with Crippen molar-refractivity contribution in [2.24, 2.45) is 5.92 Å². The van der Waals surface area contributed by atoms with Crippen molar-refractivity contribution in [1.29, 1.82) is 0 Å². The number of rotatable bonds is 1.